The summed E-state index contributed by atoms with van der Waals surface area (Å²) in [5.74, 6) is -3.08. The van der Waals surface area contributed by atoms with Crippen LogP contribution in [0.2, 0.25) is 0 Å². The second kappa shape index (κ2) is 8.83. The molecule has 1 unspecified atom stereocenters. The number of aliphatic hydroxyl groups excluding tert-OH is 1. The average molecular weight is 331 g/mol. The van der Waals surface area contributed by atoms with Gasteiger partial charge >= 0.3 is 0 Å². The molecule has 0 aromatic carbocycles. The van der Waals surface area contributed by atoms with Crippen LogP contribution >= 0.6 is 0 Å². The molecule has 0 fully saturated rings. The van der Waals surface area contributed by atoms with Gasteiger partial charge in [0, 0.05) is 7.05 Å². The fourth-order valence-electron chi connectivity index (χ4n) is 2.21. The Morgan fingerprint density at radius 3 is 1.91 bits per heavy atom. The van der Waals surface area contributed by atoms with Crippen LogP contribution in [0.1, 0.15) is 41.0 Å². The highest BCUT2D eigenvalue weighted by Gasteiger charge is 2.38. The summed E-state index contributed by atoms with van der Waals surface area (Å²) < 4.78 is 0. The molecule has 8 nitrogen and oxygen atoms in total. The third-order valence-corrected chi connectivity index (χ3v) is 3.48. The van der Waals surface area contributed by atoms with E-state index in [-0.39, 0.29) is 18.2 Å². The smallest absolute Gasteiger partial charge is 0.272 e. The quantitative estimate of drug-likeness (QED) is 0.326. The van der Waals surface area contributed by atoms with Gasteiger partial charge in [-0.05, 0) is 17.8 Å². The molecule has 3 amide bonds. The Kier molecular flexibility index (Phi) is 8.19. The largest absolute Gasteiger partial charge is 0.382 e. The van der Waals surface area contributed by atoms with E-state index >= 15 is 0 Å². The number of carbonyl (C=O) groups is 3. The van der Waals surface area contributed by atoms with Gasteiger partial charge in [0.15, 0.2) is 0 Å². The number of hydrogen-bond donors (Lipinski definition) is 5. The molecule has 3 atom stereocenters. The molecule has 0 aromatic rings. The molecule has 8 heteroatoms. The molecular weight excluding hydrogens is 302 g/mol. The van der Waals surface area contributed by atoms with Crippen molar-refractivity contribution in [3.63, 3.8) is 0 Å². The lowest BCUT2D eigenvalue weighted by atomic mass is 9.84. The van der Waals surface area contributed by atoms with E-state index in [0.29, 0.717) is 0 Å². The Morgan fingerprint density at radius 2 is 1.57 bits per heavy atom. The van der Waals surface area contributed by atoms with Gasteiger partial charge in [-0.1, -0.05) is 34.6 Å². The van der Waals surface area contributed by atoms with Crippen LogP contribution in [-0.4, -0.2) is 47.2 Å². The molecule has 0 rings (SSSR count). The zero-order valence-electron chi connectivity index (χ0n) is 14.6. The first-order valence-corrected chi connectivity index (χ1v) is 7.59. The topological polar surface area (TPSA) is 128 Å². The van der Waals surface area contributed by atoms with E-state index in [9.17, 15) is 19.5 Å². The number of hydroxylamine groups is 1. The molecule has 0 aliphatic carbocycles. The molecule has 0 bridgehead atoms. The van der Waals surface area contributed by atoms with Crippen LogP contribution in [0, 0.1) is 17.3 Å². The van der Waals surface area contributed by atoms with E-state index in [4.69, 9.17) is 5.21 Å². The van der Waals surface area contributed by atoms with Crippen molar-refractivity contribution in [2.75, 3.05) is 7.05 Å². The van der Waals surface area contributed by atoms with Crippen LogP contribution in [0.5, 0.6) is 0 Å². The number of rotatable bonds is 7. The first kappa shape index (κ1) is 21.3. The molecule has 23 heavy (non-hydrogen) atoms. The maximum Gasteiger partial charge on any atom is 0.272 e. The maximum absolute atomic E-state index is 12.5. The number of aliphatic hydroxyl groups is 1. The van der Waals surface area contributed by atoms with Gasteiger partial charge in [0.25, 0.3) is 5.91 Å². The lowest BCUT2D eigenvalue weighted by Gasteiger charge is -2.32. The van der Waals surface area contributed by atoms with Gasteiger partial charge in [-0.3, -0.25) is 19.6 Å². The predicted molar refractivity (Wildman–Crippen MR) is 84.3 cm³/mol. The van der Waals surface area contributed by atoms with Crippen molar-refractivity contribution in [1.82, 2.24) is 16.1 Å². The molecule has 0 saturated carbocycles. The summed E-state index contributed by atoms with van der Waals surface area (Å²) in [5, 5.41) is 23.7. The highest BCUT2D eigenvalue weighted by molar-refractivity contribution is 5.92. The van der Waals surface area contributed by atoms with Crippen molar-refractivity contribution in [2.24, 2.45) is 17.3 Å². The Morgan fingerprint density at radius 1 is 1.04 bits per heavy atom. The van der Waals surface area contributed by atoms with E-state index in [1.54, 1.807) is 20.8 Å². The summed E-state index contributed by atoms with van der Waals surface area (Å²) in [4.78, 5) is 35.9. The Balaban J connectivity index is 5.35. The molecule has 0 aromatic heterocycles. The van der Waals surface area contributed by atoms with Crippen molar-refractivity contribution in [3.05, 3.63) is 0 Å². The number of carbonyl (C=O) groups excluding carboxylic acids is 3. The van der Waals surface area contributed by atoms with Crippen LogP contribution in [0.3, 0.4) is 0 Å². The zero-order chi connectivity index (χ0) is 18.4. The van der Waals surface area contributed by atoms with Crippen molar-refractivity contribution < 1.29 is 24.7 Å². The molecule has 0 aliphatic heterocycles. The molecule has 134 valence electrons. The van der Waals surface area contributed by atoms with Crippen molar-refractivity contribution in [2.45, 2.75) is 53.2 Å². The van der Waals surface area contributed by atoms with Gasteiger partial charge in [-0.25, -0.2) is 5.48 Å². The standard InChI is InChI=1S/C15H29N3O5/c1-8(2)7-9(10(19)13(21)18-23)12(20)17-11(14(22)16-6)15(3,4)5/h8-11,19,23H,7H2,1-6H3,(H,16,22)(H,17,20)(H,18,21)/t9-,10-,11?/m0/s1. The molecule has 0 heterocycles. The minimum atomic E-state index is -1.70. The Hall–Kier alpha value is -1.67. The molecule has 0 aliphatic rings. The molecular formula is C15H29N3O5. The fourth-order valence-corrected chi connectivity index (χ4v) is 2.21. The lowest BCUT2D eigenvalue weighted by Crippen LogP contribution is -2.56. The van der Waals surface area contributed by atoms with E-state index in [1.165, 1.54) is 12.5 Å². The lowest BCUT2D eigenvalue weighted by molar-refractivity contribution is -0.147. The van der Waals surface area contributed by atoms with Crippen LogP contribution < -0.4 is 16.1 Å². The van der Waals surface area contributed by atoms with Gasteiger partial charge in [-0.2, -0.15) is 0 Å². The van der Waals surface area contributed by atoms with E-state index < -0.39 is 35.3 Å². The van der Waals surface area contributed by atoms with Crippen LogP contribution in [0.25, 0.3) is 0 Å². The SMILES string of the molecule is CNC(=O)C(NC(=O)[C@@H](CC(C)C)[C@H](O)C(=O)NO)C(C)(C)C. The molecule has 0 spiro atoms. The van der Waals surface area contributed by atoms with Crippen molar-refractivity contribution >= 4 is 17.7 Å². The Bertz CT molecular complexity index is 431. The summed E-state index contributed by atoms with van der Waals surface area (Å²) >= 11 is 0. The molecule has 0 saturated heterocycles. The van der Waals surface area contributed by atoms with E-state index in [1.807, 2.05) is 13.8 Å². The van der Waals surface area contributed by atoms with E-state index in [2.05, 4.69) is 10.6 Å². The van der Waals surface area contributed by atoms with Gasteiger partial charge < -0.3 is 15.7 Å². The monoisotopic (exact) mass is 331 g/mol. The highest BCUT2D eigenvalue weighted by atomic mass is 16.5. The van der Waals surface area contributed by atoms with Crippen LogP contribution in [0.15, 0.2) is 0 Å². The van der Waals surface area contributed by atoms with Gasteiger partial charge in [-0.15, -0.1) is 0 Å². The number of amides is 3. The summed E-state index contributed by atoms with van der Waals surface area (Å²) in [6.07, 6.45) is -1.47. The van der Waals surface area contributed by atoms with Crippen molar-refractivity contribution in [3.8, 4) is 0 Å². The predicted octanol–water partition coefficient (Wildman–Crippen LogP) is -0.208. The normalized spacial score (nSPS) is 15.5. The van der Waals surface area contributed by atoms with Gasteiger partial charge in [0.1, 0.15) is 12.1 Å². The second-order valence-electron chi connectivity index (χ2n) is 7.08. The summed E-state index contributed by atoms with van der Waals surface area (Å²) in [5.41, 5.74) is 0.789. The minimum absolute atomic E-state index is 0.0278. The second-order valence-corrected chi connectivity index (χ2v) is 7.08. The third kappa shape index (κ3) is 6.54. The molecule has 0 radical (unpaired) electrons. The minimum Gasteiger partial charge on any atom is -0.382 e. The fraction of sp³-hybridized carbons (Fsp3) is 0.800. The van der Waals surface area contributed by atoms with E-state index in [0.717, 1.165) is 0 Å². The summed E-state index contributed by atoms with van der Waals surface area (Å²) in [6.45, 7) is 9.05. The van der Waals surface area contributed by atoms with Crippen LogP contribution in [0.4, 0.5) is 0 Å². The first-order chi connectivity index (χ1) is 10.4. The van der Waals surface area contributed by atoms with Crippen LogP contribution in [-0.2, 0) is 14.4 Å². The summed E-state index contributed by atoms with van der Waals surface area (Å²) in [6, 6.07) is -0.820. The number of nitrogens with one attached hydrogen (secondary N) is 3. The zero-order valence-corrected chi connectivity index (χ0v) is 14.6. The maximum atomic E-state index is 12.5. The highest BCUT2D eigenvalue weighted by Crippen LogP contribution is 2.22. The molecule has 5 N–H and O–H groups in total. The van der Waals surface area contributed by atoms with Crippen molar-refractivity contribution in [1.29, 1.82) is 0 Å². The average Bonchev–Trinajstić information content (AvgIpc) is 2.46. The number of likely N-dealkylation sites (N-methyl/N-ethyl adjacent to an activating group) is 1. The third-order valence-electron chi connectivity index (χ3n) is 3.48. The Labute approximate surface area is 137 Å². The number of hydrogen-bond acceptors (Lipinski definition) is 5. The van der Waals surface area contributed by atoms with Gasteiger partial charge in [0.05, 0.1) is 5.92 Å². The first-order valence-electron chi connectivity index (χ1n) is 7.59. The van der Waals surface area contributed by atoms with Gasteiger partial charge in [0.2, 0.25) is 11.8 Å². The summed E-state index contributed by atoms with van der Waals surface area (Å²) in [7, 11) is 1.47.